The number of piperidine rings is 1. The maximum atomic E-state index is 12.8. The summed E-state index contributed by atoms with van der Waals surface area (Å²) in [5, 5.41) is 10.8. The lowest BCUT2D eigenvalue weighted by molar-refractivity contribution is -0.385. The molecule has 8 heteroatoms. The van der Waals surface area contributed by atoms with Crippen molar-refractivity contribution in [3.05, 3.63) is 33.9 Å². The van der Waals surface area contributed by atoms with Crippen LogP contribution in [-0.2, 0) is 10.0 Å². The van der Waals surface area contributed by atoms with E-state index in [4.69, 9.17) is 5.73 Å². The Labute approximate surface area is 130 Å². The summed E-state index contributed by atoms with van der Waals surface area (Å²) in [5.41, 5.74) is 6.00. The van der Waals surface area contributed by atoms with Crippen LogP contribution in [0.25, 0.3) is 0 Å². The topological polar surface area (TPSA) is 107 Å². The highest BCUT2D eigenvalue weighted by molar-refractivity contribution is 7.89. The number of benzene rings is 1. The van der Waals surface area contributed by atoms with Crippen LogP contribution in [0.15, 0.2) is 23.1 Å². The standard InChI is InChI=1S/C14H21N3O4S/c1-10-5-6-16(9-12(10)8-15)22(20,21)14-4-3-13(17(18)19)7-11(14)2/h3-4,7,10,12H,5-6,8-9,15H2,1-2H3. The summed E-state index contributed by atoms with van der Waals surface area (Å²) in [6, 6.07) is 3.84. The predicted octanol–water partition coefficient (Wildman–Crippen LogP) is 1.51. The fourth-order valence-electron chi connectivity index (χ4n) is 2.82. The molecule has 0 aliphatic carbocycles. The molecule has 0 amide bonds. The first-order valence-electron chi connectivity index (χ1n) is 7.22. The zero-order valence-corrected chi connectivity index (χ0v) is 13.5. The third kappa shape index (κ3) is 3.13. The van der Waals surface area contributed by atoms with Crippen molar-refractivity contribution in [1.82, 2.24) is 4.31 Å². The Morgan fingerprint density at radius 1 is 1.45 bits per heavy atom. The van der Waals surface area contributed by atoms with Crippen molar-refractivity contribution in [2.24, 2.45) is 17.6 Å². The van der Waals surface area contributed by atoms with E-state index in [1.54, 1.807) is 6.92 Å². The zero-order chi connectivity index (χ0) is 16.5. The van der Waals surface area contributed by atoms with Crippen molar-refractivity contribution in [2.75, 3.05) is 19.6 Å². The van der Waals surface area contributed by atoms with E-state index < -0.39 is 14.9 Å². The Morgan fingerprint density at radius 2 is 2.14 bits per heavy atom. The van der Waals surface area contributed by atoms with Crippen LogP contribution in [0.3, 0.4) is 0 Å². The smallest absolute Gasteiger partial charge is 0.269 e. The first-order valence-corrected chi connectivity index (χ1v) is 8.66. The average Bonchev–Trinajstić information content (AvgIpc) is 2.47. The van der Waals surface area contributed by atoms with Gasteiger partial charge in [0.2, 0.25) is 10.0 Å². The highest BCUT2D eigenvalue weighted by Gasteiger charge is 2.34. The Kier molecular flexibility index (Phi) is 4.84. The predicted molar refractivity (Wildman–Crippen MR) is 82.9 cm³/mol. The molecule has 0 bridgehead atoms. The molecule has 1 heterocycles. The van der Waals surface area contributed by atoms with Gasteiger partial charge in [-0.3, -0.25) is 10.1 Å². The molecule has 1 aliphatic rings. The van der Waals surface area contributed by atoms with E-state index in [0.29, 0.717) is 31.1 Å². The van der Waals surface area contributed by atoms with Crippen LogP contribution in [0, 0.1) is 28.9 Å². The molecule has 0 radical (unpaired) electrons. The number of non-ortho nitro benzene ring substituents is 1. The Hall–Kier alpha value is -1.51. The minimum atomic E-state index is -3.65. The number of rotatable bonds is 4. The van der Waals surface area contributed by atoms with Crippen LogP contribution in [0.5, 0.6) is 0 Å². The van der Waals surface area contributed by atoms with Crippen molar-refractivity contribution in [3.63, 3.8) is 0 Å². The Bertz CT molecular complexity index is 675. The van der Waals surface area contributed by atoms with E-state index in [1.807, 2.05) is 0 Å². The fraction of sp³-hybridized carbons (Fsp3) is 0.571. The monoisotopic (exact) mass is 327 g/mol. The molecular formula is C14H21N3O4S. The molecule has 2 rings (SSSR count). The largest absolute Gasteiger partial charge is 0.330 e. The third-order valence-electron chi connectivity index (χ3n) is 4.37. The van der Waals surface area contributed by atoms with Gasteiger partial charge in [-0.1, -0.05) is 6.92 Å². The van der Waals surface area contributed by atoms with Gasteiger partial charge in [0, 0.05) is 25.2 Å². The summed E-state index contributed by atoms with van der Waals surface area (Å²) in [7, 11) is -3.65. The zero-order valence-electron chi connectivity index (χ0n) is 12.7. The van der Waals surface area contributed by atoms with Gasteiger partial charge in [0.25, 0.3) is 5.69 Å². The summed E-state index contributed by atoms with van der Waals surface area (Å²) in [6.45, 7) is 4.96. The van der Waals surface area contributed by atoms with E-state index in [-0.39, 0.29) is 16.5 Å². The van der Waals surface area contributed by atoms with Crippen molar-refractivity contribution in [1.29, 1.82) is 0 Å². The van der Waals surface area contributed by atoms with Gasteiger partial charge >= 0.3 is 0 Å². The summed E-state index contributed by atoms with van der Waals surface area (Å²) >= 11 is 0. The minimum Gasteiger partial charge on any atom is -0.330 e. The molecule has 1 aromatic carbocycles. The Morgan fingerprint density at radius 3 is 2.68 bits per heavy atom. The van der Waals surface area contributed by atoms with Crippen LogP contribution in [0.4, 0.5) is 5.69 Å². The number of aryl methyl sites for hydroxylation is 1. The second kappa shape index (κ2) is 6.31. The van der Waals surface area contributed by atoms with Crippen molar-refractivity contribution in [2.45, 2.75) is 25.2 Å². The van der Waals surface area contributed by atoms with Gasteiger partial charge in [0.1, 0.15) is 0 Å². The molecule has 122 valence electrons. The van der Waals surface area contributed by atoms with Crippen LogP contribution >= 0.6 is 0 Å². The normalized spacial score (nSPS) is 23.4. The van der Waals surface area contributed by atoms with E-state index in [9.17, 15) is 18.5 Å². The molecule has 2 N–H and O–H groups in total. The summed E-state index contributed by atoms with van der Waals surface area (Å²) in [5.74, 6) is 0.538. The molecule has 1 saturated heterocycles. The molecule has 0 aromatic heterocycles. The summed E-state index contributed by atoms with van der Waals surface area (Å²) in [4.78, 5) is 10.4. The number of hydrogen-bond acceptors (Lipinski definition) is 5. The third-order valence-corrected chi connectivity index (χ3v) is 6.39. The van der Waals surface area contributed by atoms with Gasteiger partial charge in [0.15, 0.2) is 0 Å². The van der Waals surface area contributed by atoms with Gasteiger partial charge in [-0.05, 0) is 43.4 Å². The fourth-order valence-corrected chi connectivity index (χ4v) is 4.53. The first kappa shape index (κ1) is 16.9. The highest BCUT2D eigenvalue weighted by atomic mass is 32.2. The molecular weight excluding hydrogens is 306 g/mol. The van der Waals surface area contributed by atoms with E-state index in [0.717, 1.165) is 6.42 Å². The molecule has 1 aliphatic heterocycles. The van der Waals surface area contributed by atoms with Gasteiger partial charge in [0.05, 0.1) is 9.82 Å². The molecule has 2 unspecified atom stereocenters. The van der Waals surface area contributed by atoms with Gasteiger partial charge in [-0.25, -0.2) is 8.42 Å². The van der Waals surface area contributed by atoms with Crippen LogP contribution < -0.4 is 5.73 Å². The molecule has 2 atom stereocenters. The van der Waals surface area contributed by atoms with Crippen molar-refractivity contribution in [3.8, 4) is 0 Å². The lowest BCUT2D eigenvalue weighted by atomic mass is 9.88. The number of nitrogens with zero attached hydrogens (tertiary/aromatic N) is 2. The van der Waals surface area contributed by atoms with Crippen molar-refractivity contribution >= 4 is 15.7 Å². The van der Waals surface area contributed by atoms with Gasteiger partial charge in [-0.15, -0.1) is 0 Å². The van der Waals surface area contributed by atoms with E-state index in [1.165, 1.54) is 22.5 Å². The van der Waals surface area contributed by atoms with Crippen LogP contribution in [0.2, 0.25) is 0 Å². The summed E-state index contributed by atoms with van der Waals surface area (Å²) < 4.78 is 27.0. The quantitative estimate of drug-likeness (QED) is 0.666. The van der Waals surface area contributed by atoms with E-state index >= 15 is 0 Å². The summed E-state index contributed by atoms with van der Waals surface area (Å²) in [6.07, 6.45) is 0.771. The Balaban J connectivity index is 2.33. The molecule has 1 aromatic rings. The minimum absolute atomic E-state index is 0.108. The average molecular weight is 327 g/mol. The molecule has 0 saturated carbocycles. The van der Waals surface area contributed by atoms with Gasteiger partial charge < -0.3 is 5.73 Å². The molecule has 7 nitrogen and oxygen atoms in total. The lowest BCUT2D eigenvalue weighted by Gasteiger charge is -2.35. The number of nitrogens with two attached hydrogens (primary N) is 1. The highest BCUT2D eigenvalue weighted by Crippen LogP contribution is 2.29. The van der Waals surface area contributed by atoms with E-state index in [2.05, 4.69) is 6.92 Å². The number of hydrogen-bond donors (Lipinski definition) is 1. The second-order valence-electron chi connectivity index (χ2n) is 5.83. The first-order chi connectivity index (χ1) is 10.3. The van der Waals surface area contributed by atoms with Crippen molar-refractivity contribution < 1.29 is 13.3 Å². The molecule has 0 spiro atoms. The number of nitro benzene ring substituents is 1. The maximum absolute atomic E-state index is 12.8. The lowest BCUT2D eigenvalue weighted by Crippen LogP contribution is -2.45. The maximum Gasteiger partial charge on any atom is 0.269 e. The SMILES string of the molecule is Cc1cc([N+](=O)[O-])ccc1S(=O)(=O)N1CCC(C)C(CN)C1. The number of nitro groups is 1. The number of sulfonamides is 1. The van der Waals surface area contributed by atoms with Crippen LogP contribution in [-0.4, -0.2) is 37.3 Å². The second-order valence-corrected chi connectivity index (χ2v) is 7.74. The van der Waals surface area contributed by atoms with Gasteiger partial charge in [-0.2, -0.15) is 4.31 Å². The van der Waals surface area contributed by atoms with Crippen LogP contribution in [0.1, 0.15) is 18.9 Å². The molecule has 22 heavy (non-hydrogen) atoms. The molecule has 1 fully saturated rings.